The summed E-state index contributed by atoms with van der Waals surface area (Å²) in [5, 5.41) is 119. The van der Waals surface area contributed by atoms with E-state index in [1.54, 1.807) is 12.2 Å². The number of amides is 1. The molecule has 12 N–H and O–H groups in total. The van der Waals surface area contributed by atoms with Crippen molar-refractivity contribution < 1.29 is 89.4 Å². The molecule has 0 bridgehead atoms. The van der Waals surface area contributed by atoms with E-state index >= 15 is 0 Å². The van der Waals surface area contributed by atoms with Gasteiger partial charge in [0.05, 0.1) is 38.6 Å². The molecule has 19 heteroatoms. The van der Waals surface area contributed by atoms with Crippen molar-refractivity contribution in [3.8, 4) is 0 Å². The van der Waals surface area contributed by atoms with Crippen molar-refractivity contribution >= 4 is 5.91 Å². The van der Waals surface area contributed by atoms with Crippen LogP contribution in [-0.4, -0.2) is 193 Å². The summed E-state index contributed by atoms with van der Waals surface area (Å²) in [6.45, 7) is 1.42. The van der Waals surface area contributed by atoms with Gasteiger partial charge in [-0.3, -0.25) is 4.79 Å². The fraction of sp³-hybridized carbons (Fsp3) is 0.804. The van der Waals surface area contributed by atoms with Crippen molar-refractivity contribution in [2.45, 2.75) is 208 Å². The van der Waals surface area contributed by atoms with Crippen LogP contribution in [0, 0.1) is 0 Å². The Hall–Kier alpha value is -2.25. The molecule has 0 aromatic rings. The van der Waals surface area contributed by atoms with Gasteiger partial charge in [-0.2, -0.15) is 0 Å². The molecule has 3 heterocycles. The Kier molecular flexibility index (Phi) is 27.9. The van der Waals surface area contributed by atoms with Gasteiger partial charge in [0.1, 0.15) is 73.2 Å². The Labute approximate surface area is 383 Å². The average molecular weight is 934 g/mol. The zero-order chi connectivity index (χ0) is 47.7. The number of ether oxygens (including phenoxy) is 6. The van der Waals surface area contributed by atoms with E-state index in [2.05, 4.69) is 55.6 Å². The summed E-state index contributed by atoms with van der Waals surface area (Å²) in [6.07, 6.45) is 1.63. The van der Waals surface area contributed by atoms with Crippen molar-refractivity contribution in [3.05, 3.63) is 48.6 Å². The highest BCUT2D eigenvalue weighted by atomic mass is 16.8. The summed E-state index contributed by atoms with van der Waals surface area (Å²) in [5.74, 6) is -0.310. The minimum absolute atomic E-state index is 0.218. The van der Waals surface area contributed by atoms with Crippen LogP contribution < -0.4 is 5.32 Å². The number of carbonyl (C=O) groups excluding carboxylic acids is 1. The molecule has 1 amide bonds. The van der Waals surface area contributed by atoms with Crippen LogP contribution in [0.15, 0.2) is 48.6 Å². The average Bonchev–Trinajstić information content (AvgIpc) is 3.30. The van der Waals surface area contributed by atoms with Crippen molar-refractivity contribution in [3.63, 3.8) is 0 Å². The minimum Gasteiger partial charge on any atom is -0.394 e. The van der Waals surface area contributed by atoms with E-state index in [1.165, 1.54) is 0 Å². The highest BCUT2D eigenvalue weighted by molar-refractivity contribution is 5.76. The SMILES string of the molecule is CC/C=C/CC/C=C/CC/C=C/C(O)C(COC1OC(CO)C(OC2OC(CO)C(OC3OC(CO)C(O)C(O)C3O)C(O)C2O)C(O)C1O)NC(=O)CCCCCCC/C=C\CCC. The molecule has 0 aromatic carbocycles. The Balaban J connectivity index is 1.61. The van der Waals surface area contributed by atoms with E-state index in [0.29, 0.717) is 12.8 Å². The third-order valence-electron chi connectivity index (χ3n) is 11.6. The highest BCUT2D eigenvalue weighted by Gasteiger charge is 2.53. The number of nitrogens with one attached hydrogen (secondary N) is 1. The number of hydrogen-bond acceptors (Lipinski definition) is 18. The number of rotatable bonds is 30. The van der Waals surface area contributed by atoms with Gasteiger partial charge < -0.3 is 89.9 Å². The van der Waals surface area contributed by atoms with Gasteiger partial charge in [-0.05, 0) is 57.8 Å². The summed E-state index contributed by atoms with van der Waals surface area (Å²) in [6, 6.07) is -0.995. The molecule has 19 nitrogen and oxygen atoms in total. The first kappa shape index (κ1) is 57.1. The number of allylic oxidation sites excluding steroid dienone is 7. The molecule has 3 rings (SSSR count). The normalized spacial score (nSPS) is 34.6. The summed E-state index contributed by atoms with van der Waals surface area (Å²) >= 11 is 0. The largest absolute Gasteiger partial charge is 0.394 e. The quantitative estimate of drug-likeness (QED) is 0.0334. The van der Waals surface area contributed by atoms with E-state index in [4.69, 9.17) is 28.4 Å². The van der Waals surface area contributed by atoms with Crippen LogP contribution in [0.4, 0.5) is 0 Å². The Morgan fingerprint density at radius 3 is 1.62 bits per heavy atom. The smallest absolute Gasteiger partial charge is 0.220 e. The molecule has 3 saturated heterocycles. The number of aliphatic hydroxyl groups excluding tert-OH is 11. The van der Waals surface area contributed by atoms with E-state index in [0.717, 1.165) is 70.6 Å². The molecule has 65 heavy (non-hydrogen) atoms. The second-order valence-corrected chi connectivity index (χ2v) is 16.8. The first-order valence-corrected chi connectivity index (χ1v) is 23.4. The summed E-state index contributed by atoms with van der Waals surface area (Å²) in [4.78, 5) is 13.1. The Bertz CT molecular complexity index is 1400. The molecule has 0 aliphatic carbocycles. The molecule has 3 fully saturated rings. The van der Waals surface area contributed by atoms with Crippen LogP contribution in [0.25, 0.3) is 0 Å². The minimum atomic E-state index is -1.98. The molecular weight excluding hydrogens is 854 g/mol. The lowest BCUT2D eigenvalue weighted by Gasteiger charge is -2.48. The molecule has 0 aromatic heterocycles. The fourth-order valence-electron chi connectivity index (χ4n) is 7.64. The van der Waals surface area contributed by atoms with Gasteiger partial charge in [-0.1, -0.05) is 88.1 Å². The standard InChI is InChI=1S/C46H79NO18/c1-3-5-7-9-11-13-15-17-19-21-23-30(51)29(47-34(52)24-22-20-18-16-14-12-10-8-6-4-2)28-60-44-40(58)37(55)42(32(26-49)62-44)65-46-41(59)38(56)43(33(27-50)63-46)64-45-39(57)36(54)35(53)31(25-48)61-45/h5,7-8,10,13,15,21,23,29-33,35-46,48-51,53-59H,3-4,6,9,11-12,14,16-20,22,24-28H2,1-2H3,(H,47,52)/b7-5+,10-8-,15-13+,23-21+. The van der Waals surface area contributed by atoms with E-state index < -0.39 is 124 Å². The molecular formula is C46H79NO18. The van der Waals surface area contributed by atoms with Gasteiger partial charge in [0.25, 0.3) is 0 Å². The van der Waals surface area contributed by atoms with Crippen LogP contribution in [-0.2, 0) is 33.2 Å². The Morgan fingerprint density at radius 2 is 1.03 bits per heavy atom. The van der Waals surface area contributed by atoms with Crippen LogP contribution in [0.5, 0.6) is 0 Å². The maximum Gasteiger partial charge on any atom is 0.220 e. The van der Waals surface area contributed by atoms with Gasteiger partial charge in [-0.15, -0.1) is 0 Å². The second-order valence-electron chi connectivity index (χ2n) is 16.8. The molecule has 3 aliphatic heterocycles. The molecule has 376 valence electrons. The van der Waals surface area contributed by atoms with E-state index in [9.17, 15) is 61.0 Å². The molecule has 0 radical (unpaired) electrons. The zero-order valence-corrected chi connectivity index (χ0v) is 37.9. The molecule has 0 saturated carbocycles. The van der Waals surface area contributed by atoms with Crippen molar-refractivity contribution in [2.24, 2.45) is 0 Å². The lowest BCUT2D eigenvalue weighted by Crippen LogP contribution is -2.66. The second kappa shape index (κ2) is 31.7. The zero-order valence-electron chi connectivity index (χ0n) is 37.9. The lowest BCUT2D eigenvalue weighted by atomic mass is 9.96. The van der Waals surface area contributed by atoms with Gasteiger partial charge >= 0.3 is 0 Å². The molecule has 0 spiro atoms. The van der Waals surface area contributed by atoms with Gasteiger partial charge in [0.15, 0.2) is 18.9 Å². The molecule has 17 atom stereocenters. The third kappa shape index (κ3) is 18.6. The van der Waals surface area contributed by atoms with Gasteiger partial charge in [0, 0.05) is 6.42 Å². The highest BCUT2D eigenvalue weighted by Crippen LogP contribution is 2.33. The fourth-order valence-corrected chi connectivity index (χ4v) is 7.64. The monoisotopic (exact) mass is 934 g/mol. The summed E-state index contributed by atoms with van der Waals surface area (Å²) < 4.78 is 33.9. The molecule has 3 aliphatic rings. The number of hydrogen-bond donors (Lipinski definition) is 12. The summed E-state index contributed by atoms with van der Waals surface area (Å²) in [5.41, 5.74) is 0. The maximum absolute atomic E-state index is 13.1. The van der Waals surface area contributed by atoms with Gasteiger partial charge in [-0.25, -0.2) is 0 Å². The summed E-state index contributed by atoms with van der Waals surface area (Å²) in [7, 11) is 0. The van der Waals surface area contributed by atoms with Crippen LogP contribution in [0.2, 0.25) is 0 Å². The molecule has 17 unspecified atom stereocenters. The first-order valence-electron chi connectivity index (χ1n) is 23.4. The van der Waals surface area contributed by atoms with E-state index in [1.807, 2.05) is 0 Å². The maximum atomic E-state index is 13.1. The third-order valence-corrected chi connectivity index (χ3v) is 11.6. The number of aliphatic hydroxyl groups is 11. The number of unbranched alkanes of at least 4 members (excludes halogenated alkanes) is 8. The van der Waals surface area contributed by atoms with Crippen molar-refractivity contribution in [2.75, 3.05) is 26.4 Å². The topological polar surface area (TPSA) is 307 Å². The predicted molar refractivity (Wildman–Crippen MR) is 235 cm³/mol. The van der Waals surface area contributed by atoms with Crippen molar-refractivity contribution in [1.82, 2.24) is 5.32 Å². The van der Waals surface area contributed by atoms with Crippen LogP contribution in [0.3, 0.4) is 0 Å². The predicted octanol–water partition coefficient (Wildman–Crippen LogP) is 0.0230. The Morgan fingerprint density at radius 1 is 0.554 bits per heavy atom. The van der Waals surface area contributed by atoms with E-state index in [-0.39, 0.29) is 18.9 Å². The van der Waals surface area contributed by atoms with Crippen LogP contribution in [0.1, 0.15) is 104 Å². The lowest BCUT2D eigenvalue weighted by molar-refractivity contribution is -0.379. The van der Waals surface area contributed by atoms with Crippen molar-refractivity contribution in [1.29, 1.82) is 0 Å². The number of carbonyl (C=O) groups is 1. The first-order chi connectivity index (χ1) is 31.3. The van der Waals surface area contributed by atoms with Crippen LogP contribution >= 0.6 is 0 Å². The van der Waals surface area contributed by atoms with Gasteiger partial charge in [0.2, 0.25) is 5.91 Å².